The van der Waals surface area contributed by atoms with E-state index in [1.54, 1.807) is 13.1 Å². The Morgan fingerprint density at radius 2 is 2.16 bits per heavy atom. The summed E-state index contributed by atoms with van der Waals surface area (Å²) in [6.07, 6.45) is 5.57. The van der Waals surface area contributed by atoms with Crippen molar-refractivity contribution in [3.8, 4) is 6.07 Å². The predicted octanol–water partition coefficient (Wildman–Crippen LogP) is 2.82. The normalized spacial score (nSPS) is 17.0. The van der Waals surface area contributed by atoms with Crippen molar-refractivity contribution < 1.29 is 4.79 Å². The fourth-order valence-electron chi connectivity index (χ4n) is 3.14. The predicted molar refractivity (Wildman–Crippen MR) is 99.8 cm³/mol. The third-order valence-electron chi connectivity index (χ3n) is 4.55. The van der Waals surface area contributed by atoms with Gasteiger partial charge < -0.3 is 5.32 Å². The fourth-order valence-corrected chi connectivity index (χ4v) is 4.72. The van der Waals surface area contributed by atoms with Crippen molar-refractivity contribution in [2.24, 2.45) is 7.05 Å². The topological polar surface area (TPSA) is 87.8 Å². The Kier molecular flexibility index (Phi) is 5.45. The number of nitriles is 1. The summed E-state index contributed by atoms with van der Waals surface area (Å²) in [4.78, 5) is 29.8. The second kappa shape index (κ2) is 7.58. The van der Waals surface area contributed by atoms with Crippen molar-refractivity contribution >= 4 is 39.2 Å². The number of fused-ring (bicyclic) bond motifs is 1. The Morgan fingerprint density at radius 3 is 2.84 bits per heavy atom. The molecule has 8 heteroatoms. The van der Waals surface area contributed by atoms with Crippen LogP contribution < -0.4 is 10.9 Å². The van der Waals surface area contributed by atoms with Gasteiger partial charge >= 0.3 is 0 Å². The Balaban J connectivity index is 1.69. The molecular formula is C17H20N4O2S2. The number of carbonyl (C=O) groups is 1. The number of aromatic nitrogens is 2. The van der Waals surface area contributed by atoms with Crippen LogP contribution in [0.1, 0.15) is 38.5 Å². The molecule has 0 saturated heterocycles. The second-order valence-corrected chi connectivity index (χ2v) is 8.18. The van der Waals surface area contributed by atoms with E-state index in [-0.39, 0.29) is 17.2 Å². The molecule has 0 aliphatic heterocycles. The third kappa shape index (κ3) is 3.88. The summed E-state index contributed by atoms with van der Waals surface area (Å²) < 4.78 is 1.47. The first kappa shape index (κ1) is 18.0. The molecule has 0 atom stereocenters. The van der Waals surface area contributed by atoms with Crippen LogP contribution in [0, 0.1) is 11.3 Å². The van der Waals surface area contributed by atoms with Crippen LogP contribution in [-0.4, -0.2) is 26.8 Å². The molecule has 3 rings (SSSR count). The first-order chi connectivity index (χ1) is 12.0. The summed E-state index contributed by atoms with van der Waals surface area (Å²) in [5.41, 5.74) is -0.850. The lowest BCUT2D eigenvalue weighted by molar-refractivity contribution is -0.120. The molecule has 1 aliphatic carbocycles. The summed E-state index contributed by atoms with van der Waals surface area (Å²) in [6.45, 7) is 0. The molecule has 1 saturated carbocycles. The van der Waals surface area contributed by atoms with Crippen molar-refractivity contribution in [2.45, 2.75) is 49.2 Å². The van der Waals surface area contributed by atoms with E-state index in [1.165, 1.54) is 27.7 Å². The minimum Gasteiger partial charge on any atom is -0.337 e. The molecule has 1 fully saturated rings. The van der Waals surface area contributed by atoms with E-state index in [0.717, 1.165) is 25.7 Å². The summed E-state index contributed by atoms with van der Waals surface area (Å²) >= 11 is 2.64. The Labute approximate surface area is 154 Å². The summed E-state index contributed by atoms with van der Waals surface area (Å²) in [5.74, 6) is -0.0467. The highest BCUT2D eigenvalue weighted by Gasteiger charge is 2.32. The maximum Gasteiger partial charge on any atom is 0.262 e. The highest BCUT2D eigenvalue weighted by atomic mass is 32.2. The van der Waals surface area contributed by atoms with E-state index in [4.69, 9.17) is 0 Å². The third-order valence-corrected chi connectivity index (χ3v) is 6.38. The van der Waals surface area contributed by atoms with Gasteiger partial charge in [-0.1, -0.05) is 37.4 Å². The lowest BCUT2D eigenvalue weighted by Gasteiger charge is -2.26. The van der Waals surface area contributed by atoms with Gasteiger partial charge in [-0.25, -0.2) is 4.98 Å². The van der Waals surface area contributed by atoms with Crippen molar-refractivity contribution in [3.05, 3.63) is 21.8 Å². The molecule has 0 unspecified atom stereocenters. The number of thiophene rings is 1. The zero-order valence-corrected chi connectivity index (χ0v) is 15.7. The molecule has 0 aromatic carbocycles. The van der Waals surface area contributed by atoms with E-state index in [0.29, 0.717) is 28.2 Å². The molecule has 0 spiro atoms. The molecule has 2 aromatic rings. The minimum atomic E-state index is -0.745. The molecule has 25 heavy (non-hydrogen) atoms. The summed E-state index contributed by atoms with van der Waals surface area (Å²) in [5, 5.41) is 15.4. The lowest BCUT2D eigenvalue weighted by atomic mass is 9.92. The first-order valence-corrected chi connectivity index (χ1v) is 10.2. The van der Waals surface area contributed by atoms with Gasteiger partial charge in [-0.05, 0) is 24.3 Å². The SMILES string of the molecule is Cn1c(SCC(=O)NC2(C#N)CCCCCC2)nc2sccc2c1=O. The van der Waals surface area contributed by atoms with Gasteiger partial charge in [0, 0.05) is 7.05 Å². The van der Waals surface area contributed by atoms with Crippen LogP contribution in [0.5, 0.6) is 0 Å². The van der Waals surface area contributed by atoms with E-state index < -0.39 is 5.54 Å². The van der Waals surface area contributed by atoms with E-state index in [9.17, 15) is 14.9 Å². The number of carbonyl (C=O) groups excluding carboxylic acids is 1. The van der Waals surface area contributed by atoms with Crippen LogP contribution in [0.2, 0.25) is 0 Å². The van der Waals surface area contributed by atoms with Crippen LogP contribution in [0.4, 0.5) is 0 Å². The lowest BCUT2D eigenvalue weighted by Crippen LogP contribution is -2.47. The maximum atomic E-state index is 12.4. The highest BCUT2D eigenvalue weighted by molar-refractivity contribution is 7.99. The average molecular weight is 377 g/mol. The monoisotopic (exact) mass is 376 g/mol. The Hall–Kier alpha value is -1.85. The van der Waals surface area contributed by atoms with Crippen molar-refractivity contribution in [1.82, 2.24) is 14.9 Å². The van der Waals surface area contributed by atoms with E-state index in [1.807, 2.05) is 5.38 Å². The van der Waals surface area contributed by atoms with Gasteiger partial charge in [-0.3, -0.25) is 14.2 Å². The van der Waals surface area contributed by atoms with Gasteiger partial charge in [0.05, 0.1) is 17.2 Å². The van der Waals surface area contributed by atoms with Crippen LogP contribution in [0.25, 0.3) is 10.2 Å². The van der Waals surface area contributed by atoms with Crippen LogP contribution in [0.3, 0.4) is 0 Å². The van der Waals surface area contributed by atoms with E-state index in [2.05, 4.69) is 16.4 Å². The van der Waals surface area contributed by atoms with Gasteiger partial charge in [-0.2, -0.15) is 5.26 Å². The molecule has 1 amide bonds. The Morgan fingerprint density at radius 1 is 1.44 bits per heavy atom. The van der Waals surface area contributed by atoms with Crippen molar-refractivity contribution in [2.75, 3.05) is 5.75 Å². The Bertz CT molecular complexity index is 873. The smallest absolute Gasteiger partial charge is 0.262 e. The second-order valence-electron chi connectivity index (χ2n) is 6.34. The molecule has 1 N–H and O–H groups in total. The van der Waals surface area contributed by atoms with Gasteiger partial charge in [0.25, 0.3) is 5.56 Å². The molecule has 0 radical (unpaired) electrons. The zero-order valence-electron chi connectivity index (χ0n) is 14.1. The van der Waals surface area contributed by atoms with Gasteiger partial charge in [0.2, 0.25) is 5.91 Å². The molecule has 6 nitrogen and oxygen atoms in total. The number of nitrogens with one attached hydrogen (secondary N) is 1. The van der Waals surface area contributed by atoms with Crippen LogP contribution >= 0.6 is 23.1 Å². The fraction of sp³-hybridized carbons (Fsp3) is 0.529. The summed E-state index contributed by atoms with van der Waals surface area (Å²) in [6, 6.07) is 4.08. The number of nitrogens with zero attached hydrogens (tertiary/aromatic N) is 3. The molecule has 2 aromatic heterocycles. The number of thioether (sulfide) groups is 1. The zero-order chi connectivity index (χ0) is 17.9. The highest BCUT2D eigenvalue weighted by Crippen LogP contribution is 2.27. The number of hydrogen-bond acceptors (Lipinski definition) is 6. The molecule has 0 bridgehead atoms. The van der Waals surface area contributed by atoms with Gasteiger partial charge in [0.1, 0.15) is 10.4 Å². The molecule has 2 heterocycles. The van der Waals surface area contributed by atoms with Crippen LogP contribution in [0.15, 0.2) is 21.4 Å². The largest absolute Gasteiger partial charge is 0.337 e. The minimum absolute atomic E-state index is 0.105. The van der Waals surface area contributed by atoms with E-state index >= 15 is 0 Å². The van der Waals surface area contributed by atoms with Crippen molar-refractivity contribution in [3.63, 3.8) is 0 Å². The standard InChI is InChI=1S/C17H20N4O2S2/c1-21-15(23)12-6-9-24-14(12)19-16(21)25-10-13(22)20-17(11-18)7-4-2-3-5-8-17/h6,9H,2-5,7-8,10H2,1H3,(H,20,22). The van der Waals surface area contributed by atoms with Gasteiger partial charge in [-0.15, -0.1) is 11.3 Å². The summed E-state index contributed by atoms with van der Waals surface area (Å²) in [7, 11) is 1.66. The first-order valence-electron chi connectivity index (χ1n) is 8.34. The molecule has 1 aliphatic rings. The van der Waals surface area contributed by atoms with Crippen LogP contribution in [-0.2, 0) is 11.8 Å². The average Bonchev–Trinajstić information content (AvgIpc) is 2.96. The van der Waals surface area contributed by atoms with Gasteiger partial charge in [0.15, 0.2) is 5.16 Å². The quantitative estimate of drug-likeness (QED) is 0.504. The maximum absolute atomic E-state index is 12.4. The molecular weight excluding hydrogens is 356 g/mol. The molecule has 132 valence electrons. The number of hydrogen-bond donors (Lipinski definition) is 1. The van der Waals surface area contributed by atoms with Crippen molar-refractivity contribution in [1.29, 1.82) is 5.26 Å². The number of rotatable bonds is 4. The number of amides is 1.